The zero-order valence-electron chi connectivity index (χ0n) is 14.9. The van der Waals surface area contributed by atoms with Gasteiger partial charge < -0.3 is 4.74 Å². The van der Waals surface area contributed by atoms with E-state index in [1.807, 2.05) is 6.07 Å². The van der Waals surface area contributed by atoms with Crippen molar-refractivity contribution >= 4 is 40.5 Å². The van der Waals surface area contributed by atoms with Gasteiger partial charge in [-0.15, -0.1) is 0 Å². The number of anilines is 1. The summed E-state index contributed by atoms with van der Waals surface area (Å²) >= 11 is 6.11. The van der Waals surface area contributed by atoms with E-state index in [4.69, 9.17) is 16.3 Å². The van der Waals surface area contributed by atoms with Gasteiger partial charge in [0, 0.05) is 12.4 Å². The van der Waals surface area contributed by atoms with Gasteiger partial charge in [-0.1, -0.05) is 29.8 Å². The predicted molar refractivity (Wildman–Crippen MR) is 102 cm³/mol. The Kier molecular flexibility index (Phi) is 5.57. The van der Waals surface area contributed by atoms with Crippen molar-refractivity contribution < 1.29 is 19.5 Å². The molecule has 0 aliphatic rings. The van der Waals surface area contributed by atoms with Gasteiger partial charge in [0.25, 0.3) is 5.91 Å². The Bertz CT molecular complexity index is 1060. The van der Waals surface area contributed by atoms with Gasteiger partial charge in [-0.25, -0.2) is 20.3 Å². The third-order valence-electron chi connectivity index (χ3n) is 3.70. The minimum atomic E-state index is -0.909. The highest BCUT2D eigenvalue weighted by molar-refractivity contribution is 6.34. The molecular formula is C18H16ClN5O4. The topological polar surface area (TPSA) is 117 Å². The van der Waals surface area contributed by atoms with Crippen LogP contribution < -0.4 is 15.6 Å². The number of carbonyl (C=O) groups excluding carboxylic acids is 2. The Balaban J connectivity index is 1.73. The average Bonchev–Trinajstić information content (AvgIpc) is 2.66. The van der Waals surface area contributed by atoms with Crippen LogP contribution in [0.4, 0.5) is 10.7 Å². The molecule has 0 saturated heterocycles. The molecule has 144 valence electrons. The van der Waals surface area contributed by atoms with Crippen molar-refractivity contribution in [1.29, 1.82) is 0 Å². The van der Waals surface area contributed by atoms with Gasteiger partial charge in [-0.05, 0) is 36.8 Å². The monoisotopic (exact) mass is 401 g/mol. The van der Waals surface area contributed by atoms with E-state index in [1.54, 1.807) is 31.2 Å². The van der Waals surface area contributed by atoms with Crippen molar-refractivity contribution in [2.24, 2.45) is 0 Å². The van der Waals surface area contributed by atoms with Crippen LogP contribution in [0, 0.1) is 6.92 Å². The van der Waals surface area contributed by atoms with E-state index < -0.39 is 12.0 Å². The molecule has 1 aromatic heterocycles. The zero-order valence-corrected chi connectivity index (χ0v) is 15.7. The number of aromatic nitrogens is 2. The highest BCUT2D eigenvalue weighted by atomic mass is 35.5. The number of nitrogens with one attached hydrogen (secondary N) is 2. The fraction of sp³-hybridized carbons (Fsp3) is 0.111. The number of hydrogen-bond donors (Lipinski definition) is 3. The summed E-state index contributed by atoms with van der Waals surface area (Å²) in [5.41, 5.74) is 6.16. The second-order valence-electron chi connectivity index (χ2n) is 5.82. The summed E-state index contributed by atoms with van der Waals surface area (Å²) < 4.78 is 5.18. The van der Waals surface area contributed by atoms with Crippen molar-refractivity contribution in [2.75, 3.05) is 12.5 Å². The lowest BCUT2D eigenvalue weighted by Gasteiger charge is -2.14. The maximum atomic E-state index is 12.1. The lowest BCUT2D eigenvalue weighted by Crippen LogP contribution is -2.33. The van der Waals surface area contributed by atoms with E-state index in [0.29, 0.717) is 16.0 Å². The van der Waals surface area contributed by atoms with Gasteiger partial charge in [-0.3, -0.25) is 15.4 Å². The number of halogens is 1. The number of hydrazine groups is 1. The van der Waals surface area contributed by atoms with Crippen LogP contribution in [0.5, 0.6) is 5.75 Å². The minimum absolute atomic E-state index is 0.0114. The summed E-state index contributed by atoms with van der Waals surface area (Å²) in [6.45, 7) is 1.77. The summed E-state index contributed by atoms with van der Waals surface area (Å²) in [5.74, 6) is -0.667. The van der Waals surface area contributed by atoms with Crippen molar-refractivity contribution in [3.05, 3.63) is 58.7 Å². The molecule has 3 rings (SSSR count). The molecular weight excluding hydrogens is 386 g/mol. The quantitative estimate of drug-likeness (QED) is 0.349. The number of carbonyl (C=O) groups is 2. The first-order chi connectivity index (χ1) is 13.3. The molecule has 2 amide bonds. The number of ether oxygens (including phenoxy) is 1. The normalized spacial score (nSPS) is 10.4. The van der Waals surface area contributed by atoms with Gasteiger partial charge in [0.15, 0.2) is 0 Å². The molecule has 0 spiro atoms. The SMILES string of the molecule is Cc1ccc(C(=O)N(C)O)c(OC(=O)NNc2nc(Cl)c3ccccc3n2)c1. The van der Waals surface area contributed by atoms with Crippen molar-refractivity contribution in [1.82, 2.24) is 20.5 Å². The molecule has 1 heterocycles. The van der Waals surface area contributed by atoms with E-state index in [9.17, 15) is 14.8 Å². The molecule has 0 radical (unpaired) electrons. The summed E-state index contributed by atoms with van der Waals surface area (Å²) in [6.07, 6.45) is -0.909. The molecule has 0 saturated carbocycles. The van der Waals surface area contributed by atoms with Gasteiger partial charge in [0.1, 0.15) is 10.9 Å². The van der Waals surface area contributed by atoms with E-state index in [1.165, 1.54) is 19.2 Å². The van der Waals surface area contributed by atoms with Crippen LogP contribution in [0.2, 0.25) is 5.15 Å². The van der Waals surface area contributed by atoms with Crippen LogP contribution in [0.15, 0.2) is 42.5 Å². The van der Waals surface area contributed by atoms with E-state index in [-0.39, 0.29) is 22.4 Å². The lowest BCUT2D eigenvalue weighted by molar-refractivity contribution is -0.0376. The number of benzene rings is 2. The second-order valence-corrected chi connectivity index (χ2v) is 6.18. The highest BCUT2D eigenvalue weighted by Gasteiger charge is 2.18. The standard InChI is InChI=1S/C18H16ClN5O4/c1-10-7-8-12(16(25)24(2)27)14(9-10)28-18(26)23-22-17-20-13-6-4-3-5-11(13)15(19)21-17/h3-9,27H,1-2H3,(H,23,26)(H,20,21,22). The van der Waals surface area contributed by atoms with Crippen LogP contribution in [0.3, 0.4) is 0 Å². The Morgan fingerprint density at radius 1 is 1.18 bits per heavy atom. The fourth-order valence-electron chi connectivity index (χ4n) is 2.39. The van der Waals surface area contributed by atoms with Crippen LogP contribution in [0.1, 0.15) is 15.9 Å². The number of aryl methyl sites for hydroxylation is 1. The summed E-state index contributed by atoms with van der Waals surface area (Å²) in [4.78, 5) is 32.4. The van der Waals surface area contributed by atoms with E-state index >= 15 is 0 Å². The molecule has 0 aliphatic heterocycles. The number of fused-ring (bicyclic) bond motifs is 1. The summed E-state index contributed by atoms with van der Waals surface area (Å²) in [5, 5.41) is 10.7. The molecule has 3 N–H and O–H groups in total. The van der Waals surface area contributed by atoms with E-state index in [2.05, 4.69) is 20.8 Å². The molecule has 0 unspecified atom stereocenters. The smallest absolute Gasteiger partial charge is 0.408 e. The second kappa shape index (κ2) is 8.07. The number of rotatable bonds is 4. The maximum absolute atomic E-state index is 12.1. The molecule has 0 fully saturated rings. The van der Waals surface area contributed by atoms with Crippen LogP contribution in [-0.4, -0.2) is 39.3 Å². The zero-order chi connectivity index (χ0) is 20.3. The number of hydrogen-bond acceptors (Lipinski definition) is 7. The van der Waals surface area contributed by atoms with Crippen LogP contribution >= 0.6 is 11.6 Å². The maximum Gasteiger partial charge on any atom is 0.431 e. The first-order valence-electron chi connectivity index (χ1n) is 8.09. The highest BCUT2D eigenvalue weighted by Crippen LogP contribution is 2.22. The van der Waals surface area contributed by atoms with Crippen molar-refractivity contribution in [3.63, 3.8) is 0 Å². The molecule has 2 aromatic carbocycles. The molecule has 0 atom stereocenters. The predicted octanol–water partition coefficient (Wildman–Crippen LogP) is 3.17. The summed E-state index contributed by atoms with van der Waals surface area (Å²) in [7, 11) is 1.18. The number of nitrogens with zero attached hydrogens (tertiary/aromatic N) is 3. The average molecular weight is 402 g/mol. The van der Waals surface area contributed by atoms with Gasteiger partial charge in [0.2, 0.25) is 5.95 Å². The Hall–Kier alpha value is -3.43. The van der Waals surface area contributed by atoms with Gasteiger partial charge in [0.05, 0.1) is 11.1 Å². The Morgan fingerprint density at radius 3 is 2.68 bits per heavy atom. The number of hydroxylamine groups is 2. The molecule has 3 aromatic rings. The molecule has 0 bridgehead atoms. The summed E-state index contributed by atoms with van der Waals surface area (Å²) in [6, 6.07) is 11.7. The van der Waals surface area contributed by atoms with Gasteiger partial charge in [-0.2, -0.15) is 4.98 Å². The van der Waals surface area contributed by atoms with Crippen LogP contribution in [-0.2, 0) is 0 Å². The number of amides is 2. The lowest BCUT2D eigenvalue weighted by atomic mass is 10.1. The Labute approximate surface area is 164 Å². The fourth-order valence-corrected chi connectivity index (χ4v) is 2.63. The van der Waals surface area contributed by atoms with Crippen molar-refractivity contribution in [2.45, 2.75) is 6.92 Å². The molecule has 0 aliphatic carbocycles. The Morgan fingerprint density at radius 2 is 1.93 bits per heavy atom. The minimum Gasteiger partial charge on any atom is -0.408 e. The van der Waals surface area contributed by atoms with Gasteiger partial charge >= 0.3 is 6.09 Å². The first kappa shape index (κ1) is 19.3. The molecule has 28 heavy (non-hydrogen) atoms. The first-order valence-corrected chi connectivity index (χ1v) is 8.46. The molecule has 9 nitrogen and oxygen atoms in total. The van der Waals surface area contributed by atoms with Crippen molar-refractivity contribution in [3.8, 4) is 5.75 Å². The molecule has 10 heteroatoms. The van der Waals surface area contributed by atoms with E-state index in [0.717, 1.165) is 5.56 Å². The largest absolute Gasteiger partial charge is 0.431 e. The number of para-hydroxylation sites is 1. The third kappa shape index (κ3) is 4.27. The van der Waals surface area contributed by atoms with Crippen LogP contribution in [0.25, 0.3) is 10.9 Å². The third-order valence-corrected chi connectivity index (χ3v) is 3.99.